The van der Waals surface area contributed by atoms with E-state index in [4.69, 9.17) is 10.8 Å². The summed E-state index contributed by atoms with van der Waals surface area (Å²) in [7, 11) is 2.25. The minimum absolute atomic E-state index is 0. The van der Waals surface area contributed by atoms with E-state index in [9.17, 15) is 9.90 Å². The monoisotopic (exact) mass is 916 g/mol. The summed E-state index contributed by atoms with van der Waals surface area (Å²) in [6.07, 6.45) is 14.2. The lowest BCUT2D eigenvalue weighted by atomic mass is 9.69. The van der Waals surface area contributed by atoms with E-state index in [2.05, 4.69) is 169 Å². The standard InChI is InChI=1S/C30H34O2.C30H32O2.CH5P.CH4/c2*1-21-7-15-29-25(19-21)11-16-28(23-5-3-2-4-6-23)30(29)24-9-13-26(14-10-24)32-27-12-8-22(20-27)17-18-31;1-2;/h2-7,9-10,13-15,19,22,27-28,30-31H,8,11-12,16-18,20H2,1H3;2-7,9-10,13-15,18-19,22,27-28,30H,8,11-12,16-17,20H2,1H3;2H2,1H3;1H4/t2*22?,27?,28-,30+;;/m11../s1/i;;1D;. The van der Waals surface area contributed by atoms with Gasteiger partial charge in [0, 0.05) is 26.2 Å². The second-order valence-electron chi connectivity index (χ2n) is 19.4. The summed E-state index contributed by atoms with van der Waals surface area (Å²) in [5, 5.41) is 9.20. The van der Waals surface area contributed by atoms with E-state index in [1.54, 1.807) is 0 Å². The number of hydrogen-bond acceptors (Lipinski definition) is 4. The highest BCUT2D eigenvalue weighted by atomic mass is 31.0. The Balaban J connectivity index is 0.000000188. The number of benzene rings is 6. The van der Waals surface area contributed by atoms with Crippen LogP contribution in [0.1, 0.15) is 152 Å². The number of carbonyl (C=O) groups excluding carboxylic acids is 1. The Morgan fingerprint density at radius 3 is 1.45 bits per heavy atom. The molecule has 0 amide bonds. The number of rotatable bonds is 12. The van der Waals surface area contributed by atoms with Gasteiger partial charge in [-0.05, 0) is 177 Å². The topological polar surface area (TPSA) is 55.8 Å². The van der Waals surface area contributed by atoms with Crippen molar-refractivity contribution in [3.8, 4) is 11.5 Å². The highest BCUT2D eigenvalue weighted by Crippen LogP contribution is 2.48. The fourth-order valence-electron chi connectivity index (χ4n) is 11.8. The van der Waals surface area contributed by atoms with Gasteiger partial charge >= 0.3 is 0 Å². The molecule has 0 aromatic heterocycles. The molecule has 1 N–H and O–H groups in total. The Hall–Kier alpha value is -5.02. The molecule has 2 saturated carbocycles. The third kappa shape index (κ3) is 12.4. The molecule has 0 heterocycles. The predicted octanol–water partition coefficient (Wildman–Crippen LogP) is 14.9. The number of fused-ring (bicyclic) bond motifs is 2. The molecule has 6 aromatic rings. The summed E-state index contributed by atoms with van der Waals surface area (Å²) in [5.74, 6) is 4.73. The van der Waals surface area contributed by atoms with Crippen molar-refractivity contribution in [3.05, 3.63) is 201 Å². The van der Waals surface area contributed by atoms with Crippen molar-refractivity contribution >= 4 is 15.5 Å². The quantitative estimate of drug-likeness (QED) is 0.0982. The second kappa shape index (κ2) is 24.3. The highest BCUT2D eigenvalue weighted by Gasteiger charge is 2.34. The molecule has 352 valence electrons. The number of aldehydes is 1. The van der Waals surface area contributed by atoms with Crippen molar-refractivity contribution in [2.24, 2.45) is 11.8 Å². The van der Waals surface area contributed by atoms with Crippen LogP contribution in [0, 0.1) is 25.7 Å². The zero-order chi connectivity index (χ0) is 46.5. The largest absolute Gasteiger partial charge is 0.490 e. The van der Waals surface area contributed by atoms with Gasteiger partial charge < -0.3 is 19.4 Å². The first-order valence-corrected chi connectivity index (χ1v) is 25.5. The molecule has 4 aliphatic rings. The molecule has 4 nitrogen and oxygen atoms in total. The van der Waals surface area contributed by atoms with Crippen molar-refractivity contribution in [1.82, 2.24) is 0 Å². The van der Waals surface area contributed by atoms with E-state index in [1.165, 1.54) is 74.9 Å². The van der Waals surface area contributed by atoms with Gasteiger partial charge in [-0.2, -0.15) is 0 Å². The van der Waals surface area contributed by atoms with Crippen molar-refractivity contribution in [3.63, 3.8) is 0 Å². The second-order valence-corrected chi connectivity index (χ2v) is 19.4. The van der Waals surface area contributed by atoms with Crippen LogP contribution in [-0.4, -0.2) is 36.8 Å². The first kappa shape index (κ1) is 48.4. The van der Waals surface area contributed by atoms with Crippen LogP contribution in [-0.2, 0) is 17.6 Å². The Labute approximate surface area is 406 Å². The number of aryl methyl sites for hydroxylation is 4. The van der Waals surface area contributed by atoms with Crippen LogP contribution in [0.5, 0.6) is 11.5 Å². The molecule has 67 heavy (non-hydrogen) atoms. The maximum absolute atomic E-state index is 10.8. The number of aliphatic hydroxyl groups is 1. The average molecular weight is 916 g/mol. The minimum atomic E-state index is 0. The molecule has 0 radical (unpaired) electrons. The molecule has 0 aliphatic heterocycles. The summed E-state index contributed by atoms with van der Waals surface area (Å²) < 4.78 is 18.8. The molecule has 4 aliphatic carbocycles. The van der Waals surface area contributed by atoms with Crippen LogP contribution in [0.2, 0.25) is 0 Å². The lowest BCUT2D eigenvalue weighted by Gasteiger charge is -2.35. The molecular weight excluding hydrogens is 840 g/mol. The lowest BCUT2D eigenvalue weighted by Crippen LogP contribution is -2.20. The fraction of sp³-hybridized carbons (Fsp3) is 0.403. The van der Waals surface area contributed by atoms with E-state index in [1.807, 2.05) is 0 Å². The van der Waals surface area contributed by atoms with Crippen molar-refractivity contribution in [2.75, 3.05) is 13.2 Å². The summed E-state index contributed by atoms with van der Waals surface area (Å²) in [5.41, 5.74) is 14.2. The summed E-state index contributed by atoms with van der Waals surface area (Å²) >= 11 is 0. The molecule has 5 heteroatoms. The van der Waals surface area contributed by atoms with Crippen LogP contribution < -0.4 is 9.47 Å². The van der Waals surface area contributed by atoms with E-state index in [0.717, 1.165) is 69.2 Å². The summed E-state index contributed by atoms with van der Waals surface area (Å²) in [6.45, 7) is 5.09. The molecule has 0 saturated heterocycles. The Morgan fingerprint density at radius 1 is 0.582 bits per heavy atom. The average Bonchev–Trinajstić information content (AvgIpc) is 4.01. The van der Waals surface area contributed by atoms with Gasteiger partial charge in [-0.3, -0.25) is 0 Å². The van der Waals surface area contributed by atoms with Gasteiger partial charge in [0.15, 0.2) is 0 Å². The first-order chi connectivity index (χ1) is 32.8. The van der Waals surface area contributed by atoms with Crippen LogP contribution in [0.3, 0.4) is 0 Å². The lowest BCUT2D eigenvalue weighted by molar-refractivity contribution is -0.108. The number of hydrogen-bond donors (Lipinski definition) is 1. The van der Waals surface area contributed by atoms with Crippen LogP contribution in [0.4, 0.5) is 0 Å². The molecule has 0 spiro atoms. The Bertz CT molecular complexity index is 2460. The van der Waals surface area contributed by atoms with Crippen molar-refractivity contribution < 1.29 is 20.7 Å². The van der Waals surface area contributed by atoms with Crippen molar-refractivity contribution in [1.29, 1.82) is 0 Å². The van der Waals surface area contributed by atoms with Gasteiger partial charge in [-0.25, -0.2) is 0 Å². The molecule has 10 rings (SSSR count). The zero-order valence-electron chi connectivity index (χ0n) is 40.2. The van der Waals surface area contributed by atoms with E-state index < -0.39 is 0 Å². The Kier molecular flexibility index (Phi) is 17.6. The van der Waals surface area contributed by atoms with Crippen LogP contribution >= 0.6 is 9.24 Å². The van der Waals surface area contributed by atoms with Gasteiger partial charge in [0.25, 0.3) is 0 Å². The SMILES string of the molecule is C.Cc1ccc2c(c1)CC[C@H](c1ccccc1)[C@@H]2c1ccc(OC2CCC(CC=O)C2)cc1.Cc1ccc2c(c1)CC[C@H](c1ccccc1)[C@@H]2c1ccc(OC2CCC(CCO)C2)cc1.[2H]CP. The normalized spacial score (nSPS) is 23.9. The minimum Gasteiger partial charge on any atom is -0.490 e. The van der Waals surface area contributed by atoms with Crippen molar-refractivity contribution in [2.45, 2.75) is 134 Å². The zero-order valence-corrected chi connectivity index (χ0v) is 40.4. The first-order valence-electron chi connectivity index (χ1n) is 25.4. The maximum atomic E-state index is 10.8. The van der Waals surface area contributed by atoms with Gasteiger partial charge in [-0.1, -0.05) is 147 Å². The number of carbonyl (C=O) groups is 1. The van der Waals surface area contributed by atoms with Crippen LogP contribution in [0.25, 0.3) is 0 Å². The maximum Gasteiger partial charge on any atom is 0.120 e. The predicted molar refractivity (Wildman–Crippen MR) is 282 cm³/mol. The van der Waals surface area contributed by atoms with E-state index in [-0.39, 0.29) is 26.2 Å². The Morgan fingerprint density at radius 2 is 1.01 bits per heavy atom. The molecule has 9 atom stereocenters. The highest BCUT2D eigenvalue weighted by molar-refractivity contribution is 7.15. The van der Waals surface area contributed by atoms with Gasteiger partial charge in [0.05, 0.1) is 12.2 Å². The van der Waals surface area contributed by atoms with E-state index in [0.29, 0.717) is 48.6 Å². The van der Waals surface area contributed by atoms with E-state index >= 15 is 0 Å². The molecule has 0 bridgehead atoms. The van der Waals surface area contributed by atoms with Crippen LogP contribution in [0.15, 0.2) is 146 Å². The third-order valence-electron chi connectivity index (χ3n) is 15.0. The fourth-order valence-corrected chi connectivity index (χ4v) is 11.8. The third-order valence-corrected chi connectivity index (χ3v) is 15.0. The summed E-state index contributed by atoms with van der Waals surface area (Å²) in [4.78, 5) is 10.8. The molecule has 5 unspecified atom stereocenters. The number of aliphatic hydroxyl groups excluding tert-OH is 1. The van der Waals surface area contributed by atoms with Gasteiger partial charge in [-0.15, -0.1) is 9.24 Å². The molecule has 2 fully saturated rings. The smallest absolute Gasteiger partial charge is 0.120 e. The van der Waals surface area contributed by atoms with Gasteiger partial charge in [0.2, 0.25) is 0 Å². The molecule has 6 aromatic carbocycles. The summed E-state index contributed by atoms with van der Waals surface area (Å²) in [6, 6.07) is 53.7. The van der Waals surface area contributed by atoms with Gasteiger partial charge in [0.1, 0.15) is 17.8 Å². The number of ether oxygens (including phenoxy) is 2. The molecular formula is C62H75O4P.